The van der Waals surface area contributed by atoms with Gasteiger partial charge >= 0.3 is 0 Å². The van der Waals surface area contributed by atoms with Crippen LogP contribution in [0.4, 0.5) is 5.69 Å². The van der Waals surface area contributed by atoms with Crippen LogP contribution in [0.15, 0.2) is 12.1 Å². The van der Waals surface area contributed by atoms with Gasteiger partial charge in [-0.3, -0.25) is 5.32 Å². The number of ether oxygens (including phenoxy) is 2. The predicted molar refractivity (Wildman–Crippen MR) is 72.3 cm³/mol. The minimum absolute atomic E-state index is 0.0467. The van der Waals surface area contributed by atoms with E-state index in [0.717, 1.165) is 31.1 Å². The summed E-state index contributed by atoms with van der Waals surface area (Å²) < 4.78 is 11.3. The molecule has 1 fully saturated rings. The van der Waals surface area contributed by atoms with Crippen molar-refractivity contribution in [2.24, 2.45) is 0 Å². The summed E-state index contributed by atoms with van der Waals surface area (Å²) in [4.78, 5) is 2.19. The fourth-order valence-corrected chi connectivity index (χ4v) is 2.74. The van der Waals surface area contributed by atoms with Gasteiger partial charge in [0.15, 0.2) is 11.5 Å². The molecule has 98 valence electrons. The fourth-order valence-electron chi connectivity index (χ4n) is 2.26. The first-order valence-corrected chi connectivity index (χ1v) is 6.77. The third kappa shape index (κ3) is 2.20. The van der Waals surface area contributed by atoms with Gasteiger partial charge in [-0.15, -0.1) is 11.6 Å². The van der Waals surface area contributed by atoms with E-state index in [9.17, 15) is 0 Å². The van der Waals surface area contributed by atoms with Gasteiger partial charge in [-0.1, -0.05) is 11.6 Å². The molecule has 0 bridgehead atoms. The number of rotatable bonds is 1. The van der Waals surface area contributed by atoms with Crippen LogP contribution in [0.1, 0.15) is 0 Å². The number of benzene rings is 1. The summed E-state index contributed by atoms with van der Waals surface area (Å²) in [7, 11) is 0. The fraction of sp³-hybridized carbons (Fsp3) is 0.500. The molecule has 6 heteroatoms. The van der Waals surface area contributed by atoms with Gasteiger partial charge < -0.3 is 14.4 Å². The molecule has 0 radical (unpaired) electrons. The molecule has 2 aliphatic rings. The molecule has 1 atom stereocenters. The molecule has 0 aromatic heterocycles. The van der Waals surface area contributed by atoms with E-state index >= 15 is 0 Å². The Kier molecular flexibility index (Phi) is 3.41. The molecule has 1 aromatic carbocycles. The van der Waals surface area contributed by atoms with E-state index < -0.39 is 0 Å². The van der Waals surface area contributed by atoms with Gasteiger partial charge in [-0.2, -0.15) is 0 Å². The maximum absolute atomic E-state index is 6.12. The number of nitrogens with zero attached hydrogens (tertiary/aromatic N) is 1. The zero-order valence-corrected chi connectivity index (χ0v) is 11.3. The molecule has 1 saturated heterocycles. The molecule has 4 nitrogen and oxygen atoms in total. The highest BCUT2D eigenvalue weighted by molar-refractivity contribution is 6.32. The summed E-state index contributed by atoms with van der Waals surface area (Å²) in [5.41, 5.74) is 0.954. The molecule has 18 heavy (non-hydrogen) atoms. The maximum Gasteiger partial charge on any atom is 0.186 e. The molecule has 1 aromatic rings. The molecular weight excluding hydrogens is 275 g/mol. The lowest BCUT2D eigenvalue weighted by Gasteiger charge is -2.34. The van der Waals surface area contributed by atoms with E-state index in [0.29, 0.717) is 24.0 Å². The number of piperazine rings is 1. The zero-order chi connectivity index (χ0) is 12.5. The van der Waals surface area contributed by atoms with Crippen LogP contribution in [0, 0.1) is 0 Å². The summed E-state index contributed by atoms with van der Waals surface area (Å²) in [6.07, 6.45) is 0. The van der Waals surface area contributed by atoms with Crippen molar-refractivity contribution in [3.05, 3.63) is 17.2 Å². The zero-order valence-electron chi connectivity index (χ0n) is 9.79. The van der Waals surface area contributed by atoms with E-state index in [1.807, 2.05) is 12.1 Å². The van der Waals surface area contributed by atoms with Crippen LogP contribution in [0.3, 0.4) is 0 Å². The van der Waals surface area contributed by atoms with Crippen molar-refractivity contribution in [3.8, 4) is 11.5 Å². The van der Waals surface area contributed by atoms with Crippen LogP contribution in [0.25, 0.3) is 0 Å². The van der Waals surface area contributed by atoms with E-state index in [1.54, 1.807) is 0 Å². The first-order chi connectivity index (χ1) is 8.75. The van der Waals surface area contributed by atoms with Crippen molar-refractivity contribution in [3.63, 3.8) is 0 Å². The molecule has 2 heterocycles. The molecule has 1 N–H and O–H groups in total. The standard InChI is InChI=1S/C12H14Cl2N2O2/c13-8-1-2-9(12-11(8)17-5-6-18-12)16-4-3-15-10(14)7-16/h1-2,10,15H,3-7H2. The second-order valence-electron chi connectivity index (χ2n) is 4.29. The third-order valence-corrected chi connectivity index (χ3v) is 3.68. The lowest BCUT2D eigenvalue weighted by molar-refractivity contribution is 0.172. The van der Waals surface area contributed by atoms with Crippen LogP contribution in [0.2, 0.25) is 5.02 Å². The number of fused-ring (bicyclic) bond motifs is 1. The average molecular weight is 289 g/mol. The van der Waals surface area contributed by atoms with Gasteiger partial charge in [0.2, 0.25) is 0 Å². The molecule has 3 rings (SSSR count). The summed E-state index contributed by atoms with van der Waals surface area (Å²) in [6.45, 7) is 3.57. The molecule has 1 unspecified atom stereocenters. The Morgan fingerprint density at radius 3 is 2.78 bits per heavy atom. The monoisotopic (exact) mass is 288 g/mol. The van der Waals surface area contributed by atoms with Crippen LogP contribution < -0.4 is 19.7 Å². The van der Waals surface area contributed by atoms with Crippen LogP contribution in [-0.4, -0.2) is 38.3 Å². The summed E-state index contributed by atoms with van der Waals surface area (Å²) in [5, 5.41) is 3.79. The minimum atomic E-state index is -0.0467. The Hall–Kier alpha value is -0.840. The van der Waals surface area contributed by atoms with Crippen molar-refractivity contribution < 1.29 is 9.47 Å². The van der Waals surface area contributed by atoms with Crippen molar-refractivity contribution in [2.75, 3.05) is 37.7 Å². The van der Waals surface area contributed by atoms with Gasteiger partial charge in [0.25, 0.3) is 0 Å². The smallest absolute Gasteiger partial charge is 0.186 e. The number of hydrogen-bond donors (Lipinski definition) is 1. The molecule has 0 aliphatic carbocycles. The van der Waals surface area contributed by atoms with Gasteiger partial charge in [-0.25, -0.2) is 0 Å². The summed E-state index contributed by atoms with van der Waals surface area (Å²) >= 11 is 12.2. The second kappa shape index (κ2) is 5.03. The molecule has 0 amide bonds. The van der Waals surface area contributed by atoms with Crippen LogP contribution >= 0.6 is 23.2 Å². The highest BCUT2D eigenvalue weighted by atomic mass is 35.5. The van der Waals surface area contributed by atoms with Gasteiger partial charge in [0.05, 0.1) is 10.7 Å². The largest absolute Gasteiger partial charge is 0.484 e. The number of alkyl halides is 1. The van der Waals surface area contributed by atoms with Crippen molar-refractivity contribution in [1.29, 1.82) is 0 Å². The van der Waals surface area contributed by atoms with E-state index in [2.05, 4.69) is 10.2 Å². The first-order valence-electron chi connectivity index (χ1n) is 5.96. The van der Waals surface area contributed by atoms with E-state index in [4.69, 9.17) is 32.7 Å². The predicted octanol–water partition coefficient (Wildman–Crippen LogP) is 2.09. The van der Waals surface area contributed by atoms with E-state index in [-0.39, 0.29) is 5.50 Å². The molecule has 0 spiro atoms. The number of halogens is 2. The average Bonchev–Trinajstić information content (AvgIpc) is 2.39. The van der Waals surface area contributed by atoms with Gasteiger partial charge in [-0.05, 0) is 12.1 Å². The third-order valence-electron chi connectivity index (χ3n) is 3.09. The Morgan fingerprint density at radius 1 is 1.22 bits per heavy atom. The number of nitrogens with one attached hydrogen (secondary N) is 1. The topological polar surface area (TPSA) is 33.7 Å². The molecule has 2 aliphatic heterocycles. The Morgan fingerprint density at radius 2 is 2.00 bits per heavy atom. The highest BCUT2D eigenvalue weighted by Gasteiger charge is 2.25. The molecular formula is C12H14Cl2N2O2. The lowest BCUT2D eigenvalue weighted by atomic mass is 10.2. The quantitative estimate of drug-likeness (QED) is 0.634. The van der Waals surface area contributed by atoms with Crippen molar-refractivity contribution >= 4 is 28.9 Å². The summed E-state index contributed by atoms with van der Waals surface area (Å²) in [5.74, 6) is 1.38. The number of hydrogen-bond acceptors (Lipinski definition) is 4. The van der Waals surface area contributed by atoms with E-state index in [1.165, 1.54) is 0 Å². The maximum atomic E-state index is 6.12. The van der Waals surface area contributed by atoms with Crippen LogP contribution in [-0.2, 0) is 0 Å². The normalized spacial score (nSPS) is 23.0. The second-order valence-corrected chi connectivity index (χ2v) is 5.22. The first kappa shape index (κ1) is 12.2. The molecule has 0 saturated carbocycles. The Labute approximate surface area is 116 Å². The Balaban J connectivity index is 1.96. The minimum Gasteiger partial charge on any atom is -0.484 e. The Bertz CT molecular complexity index is 456. The SMILES string of the molecule is Clc1ccc(N2CCNC(Cl)C2)c2c1OCCO2. The lowest BCUT2D eigenvalue weighted by Crippen LogP contribution is -2.48. The summed E-state index contributed by atoms with van der Waals surface area (Å²) in [6, 6.07) is 3.81. The van der Waals surface area contributed by atoms with Crippen molar-refractivity contribution in [1.82, 2.24) is 5.32 Å². The van der Waals surface area contributed by atoms with Crippen molar-refractivity contribution in [2.45, 2.75) is 5.50 Å². The van der Waals surface area contributed by atoms with Crippen LogP contribution in [0.5, 0.6) is 11.5 Å². The highest BCUT2D eigenvalue weighted by Crippen LogP contribution is 2.44. The number of anilines is 1. The van der Waals surface area contributed by atoms with Gasteiger partial charge in [0, 0.05) is 19.6 Å². The van der Waals surface area contributed by atoms with Gasteiger partial charge in [0.1, 0.15) is 18.7 Å².